The lowest BCUT2D eigenvalue weighted by Gasteiger charge is -2.21. The molecule has 0 bridgehead atoms. The molecule has 0 unspecified atom stereocenters. The van der Waals surface area contributed by atoms with Crippen LogP contribution in [0.4, 0.5) is 0 Å². The molecule has 6 aromatic carbocycles. The summed E-state index contributed by atoms with van der Waals surface area (Å²) < 4.78 is 207. The molecule has 0 radical (unpaired) electrons. The average molecular weight is 522 g/mol. The fourth-order valence-electron chi connectivity index (χ4n) is 4.57. The van der Waals surface area contributed by atoms with E-state index in [2.05, 4.69) is 0 Å². The molecule has 0 N–H and O–H groups in total. The molecule has 39 heavy (non-hydrogen) atoms. The van der Waals surface area contributed by atoms with Crippen molar-refractivity contribution < 1.29 is 35.9 Å². The topological polar surface area (TPSA) is 13.1 Å². The Hall–Kier alpha value is -5.14. The minimum Gasteiger partial charge on any atom is -0.456 e. The monoisotopic (exact) mass is 521 g/mol. The third-order valence-electron chi connectivity index (χ3n) is 6.11. The zero-order valence-corrected chi connectivity index (χ0v) is 19.6. The van der Waals surface area contributed by atoms with Crippen LogP contribution in [0.25, 0.3) is 78.2 Å². The maximum absolute atomic E-state index is 9.90. The van der Waals surface area contributed by atoms with E-state index < -0.39 is 204 Å². The number of fused-ring (bicyclic) bond motifs is 4. The first-order valence-corrected chi connectivity index (χ1v) is 11.3. The predicted molar refractivity (Wildman–Crippen MR) is 168 cm³/mol. The fraction of sp³-hybridized carbons (Fsp3) is 0. The lowest BCUT2D eigenvalue weighted by atomic mass is 9.82. The number of hydrogen-bond acceptors (Lipinski definition) is 1. The molecule has 0 atom stereocenters. The van der Waals surface area contributed by atoms with E-state index in [1.165, 1.54) is 0 Å². The van der Waals surface area contributed by atoms with Crippen LogP contribution in [0.1, 0.15) is 42.7 Å². The lowest BCUT2D eigenvalue weighted by Crippen LogP contribution is -1.96. The van der Waals surface area contributed by atoms with Crippen LogP contribution in [0.2, 0.25) is 0 Å². The summed E-state index contributed by atoms with van der Waals surface area (Å²) in [5, 5.41) is -2.19. The molecule has 0 amide bonds. The van der Waals surface area contributed by atoms with Crippen LogP contribution >= 0.6 is 0 Å². The van der Waals surface area contributed by atoms with Crippen LogP contribution in [0, 0.1) is 0 Å². The van der Waals surface area contributed by atoms with Crippen molar-refractivity contribution in [2.75, 3.05) is 0 Å². The molecule has 1 heterocycles. The summed E-state index contributed by atoms with van der Waals surface area (Å²) in [5.41, 5.74) is -6.15. The molecule has 0 saturated heterocycles. The lowest BCUT2D eigenvalue weighted by molar-refractivity contribution is 0.669. The summed E-state index contributed by atoms with van der Waals surface area (Å²) in [7, 11) is 0. The Bertz CT molecular complexity index is 3210. The Balaban J connectivity index is 1.97. The van der Waals surface area contributed by atoms with Crippen molar-refractivity contribution >= 4 is 44.8 Å². The van der Waals surface area contributed by atoms with Crippen molar-refractivity contribution in [2.24, 2.45) is 0 Å². The van der Waals surface area contributed by atoms with Crippen LogP contribution in [0.5, 0.6) is 0 Å². The highest BCUT2D eigenvalue weighted by Crippen LogP contribution is 2.47. The van der Waals surface area contributed by atoms with Crippen LogP contribution in [-0.2, 0) is 0 Å². The zero-order chi connectivity index (χ0) is 46.0. The van der Waals surface area contributed by atoms with E-state index in [-0.39, 0.29) is 0 Å². The second kappa shape index (κ2) is 9.31. The Morgan fingerprint density at radius 2 is 1.23 bits per heavy atom. The van der Waals surface area contributed by atoms with Gasteiger partial charge in [-0.05, 0) is 73.4 Å². The molecule has 0 aliphatic rings. The summed E-state index contributed by atoms with van der Waals surface area (Å²) in [6.07, 6.45) is 0.948. The molecule has 1 heteroatoms. The maximum Gasteiger partial charge on any atom is 0.136 e. The molecular formula is C38H26O. The molecule has 7 rings (SSSR count). The molecule has 0 saturated carbocycles. The first-order valence-electron chi connectivity index (χ1n) is 23.0. The number of para-hydroxylation sites is 1. The highest BCUT2D eigenvalue weighted by molar-refractivity contribution is 6.20. The van der Waals surface area contributed by atoms with E-state index >= 15 is 0 Å². The van der Waals surface area contributed by atoms with Crippen molar-refractivity contribution in [1.82, 2.24) is 0 Å². The molecule has 1 nitrogen and oxygen atoms in total. The third-order valence-corrected chi connectivity index (χ3v) is 6.11. The summed E-state index contributed by atoms with van der Waals surface area (Å²) in [4.78, 5) is 0. The van der Waals surface area contributed by atoms with Gasteiger partial charge < -0.3 is 4.42 Å². The number of furan rings is 1. The van der Waals surface area contributed by atoms with E-state index in [1.807, 2.05) is 0 Å². The Morgan fingerprint density at radius 3 is 1.95 bits per heavy atom. The van der Waals surface area contributed by atoms with Crippen LogP contribution in [0.3, 0.4) is 0 Å². The summed E-state index contributed by atoms with van der Waals surface area (Å²) in [6, 6.07) is -18.1. The first kappa shape index (κ1) is 9.25. The van der Waals surface area contributed by atoms with E-state index in [0.29, 0.717) is 13.1 Å². The maximum atomic E-state index is 9.90. The van der Waals surface area contributed by atoms with Crippen molar-refractivity contribution in [3.8, 4) is 33.4 Å². The van der Waals surface area contributed by atoms with E-state index in [1.54, 1.807) is 0 Å². The third kappa shape index (κ3) is 3.63. The molecule has 7 aromatic rings. The van der Waals surface area contributed by atoms with Gasteiger partial charge in [0.2, 0.25) is 0 Å². The van der Waals surface area contributed by atoms with Gasteiger partial charge in [-0.1, -0.05) is 128 Å². The second-order valence-electron chi connectivity index (χ2n) is 8.11. The smallest absolute Gasteiger partial charge is 0.136 e. The van der Waals surface area contributed by atoms with Gasteiger partial charge in [-0.3, -0.25) is 0 Å². The normalized spacial score (nSPS) is 20.4. The van der Waals surface area contributed by atoms with E-state index in [9.17, 15) is 5.48 Å². The number of benzene rings is 6. The average Bonchev–Trinajstić information content (AvgIpc) is 3.65. The molecule has 0 aliphatic carbocycles. The molecule has 184 valence electrons. The highest BCUT2D eigenvalue weighted by atomic mass is 16.3. The van der Waals surface area contributed by atoms with E-state index in [4.69, 9.17) is 30.5 Å². The van der Waals surface area contributed by atoms with Crippen molar-refractivity contribution in [2.45, 2.75) is 0 Å². The molecule has 0 spiro atoms. The summed E-state index contributed by atoms with van der Waals surface area (Å²) in [5.74, 6) is 0. The first-order chi connectivity index (χ1) is 29.0. The largest absolute Gasteiger partial charge is 0.456 e. The van der Waals surface area contributed by atoms with Gasteiger partial charge in [0.15, 0.2) is 0 Å². The summed E-state index contributed by atoms with van der Waals surface area (Å²) >= 11 is 0. The molecule has 0 fully saturated rings. The highest BCUT2D eigenvalue weighted by Gasteiger charge is 2.22. The van der Waals surface area contributed by atoms with E-state index in [0.717, 1.165) is 6.08 Å². The predicted octanol–water partition coefficient (Wildman–Crippen LogP) is 11.0. The van der Waals surface area contributed by atoms with Crippen molar-refractivity contribution in [3.05, 3.63) is 145 Å². The van der Waals surface area contributed by atoms with Gasteiger partial charge >= 0.3 is 0 Å². The number of hydrogen-bond donors (Lipinski definition) is 0. The van der Waals surface area contributed by atoms with Gasteiger partial charge in [0, 0.05) is 10.8 Å². The van der Waals surface area contributed by atoms with Gasteiger partial charge in [0.25, 0.3) is 0 Å². The van der Waals surface area contributed by atoms with Gasteiger partial charge in [-0.25, -0.2) is 0 Å². The molecular weight excluding hydrogens is 472 g/mol. The van der Waals surface area contributed by atoms with Gasteiger partial charge in [-0.2, -0.15) is 0 Å². The second-order valence-corrected chi connectivity index (χ2v) is 8.11. The fourth-order valence-corrected chi connectivity index (χ4v) is 4.57. The minimum absolute atomic E-state index is 0.461. The SMILES string of the molecule is [2H]C=Cc1c(C([2H])=C[2H])c(-c2c([2H])c([2H])c([2H])c([2H])c2[2H])c2c([2H])c([2H])c([2H])c([2H])c2c1-c1c([2H])c(-c2c([2H])c([2H])c([2H])c([2H])c2[2H])c([2H])c2oc3c([2H])c([2H])c([2H])c([2H])c3c12. The van der Waals surface area contributed by atoms with Crippen molar-refractivity contribution in [3.63, 3.8) is 0 Å². The van der Waals surface area contributed by atoms with Crippen molar-refractivity contribution in [1.29, 1.82) is 0 Å². The molecule has 1 aromatic heterocycles. The minimum atomic E-state index is -0.924. The Morgan fingerprint density at radius 1 is 0.590 bits per heavy atom. The van der Waals surface area contributed by atoms with Crippen LogP contribution in [0.15, 0.2) is 138 Å². The number of rotatable bonds is 5. The van der Waals surface area contributed by atoms with Crippen LogP contribution < -0.4 is 0 Å². The quantitative estimate of drug-likeness (QED) is 0.219. The van der Waals surface area contributed by atoms with Gasteiger partial charge in [0.1, 0.15) is 11.2 Å². The van der Waals surface area contributed by atoms with Crippen LogP contribution in [-0.4, -0.2) is 0 Å². The van der Waals surface area contributed by atoms with Gasteiger partial charge in [-0.15, -0.1) is 0 Å². The van der Waals surface area contributed by atoms with Gasteiger partial charge in [0.05, 0.1) is 31.5 Å². The zero-order valence-electron chi connectivity index (χ0n) is 42.6. The molecule has 0 aliphatic heterocycles. The summed E-state index contributed by atoms with van der Waals surface area (Å²) in [6.45, 7) is 1.10. The Labute approximate surface area is 260 Å². The Kier molecular flexibility index (Phi) is 2.21. The standard InChI is InChI=1S/C38H26O/c1-3-28-29(4-2)37(31-20-12-11-19-30(31)36(28)26-17-9-6-10-18-26)33-23-27(25-15-7-5-8-16-25)24-35-38(33)32-21-13-14-22-34(32)39-35/h3-24H,1-2H2/i1D,2D,3D,5D,6D,7D,8D,9D,10D,11D,12D,13D,14D,15D,16D,17D,18D,19D,20D,21D,22D,23D,24D.